The molecule has 5 heteroatoms. The SMILES string of the molecule is COC(=O)CCCC(=O)NCCc1c[nH]c2ccccc12. The second kappa shape index (κ2) is 7.47. The molecule has 5 nitrogen and oxygen atoms in total. The number of nitrogens with one attached hydrogen (secondary N) is 2. The highest BCUT2D eigenvalue weighted by Crippen LogP contribution is 2.17. The number of hydrogen-bond donors (Lipinski definition) is 2. The van der Waals surface area contributed by atoms with Crippen LogP contribution in [0.25, 0.3) is 10.9 Å². The van der Waals surface area contributed by atoms with E-state index in [4.69, 9.17) is 0 Å². The molecule has 0 unspecified atom stereocenters. The molecule has 1 aromatic heterocycles. The Hall–Kier alpha value is -2.30. The van der Waals surface area contributed by atoms with E-state index in [0.717, 1.165) is 11.9 Å². The Labute approximate surface area is 123 Å². The van der Waals surface area contributed by atoms with Gasteiger partial charge in [-0.25, -0.2) is 0 Å². The molecule has 0 radical (unpaired) electrons. The molecule has 21 heavy (non-hydrogen) atoms. The Morgan fingerprint density at radius 3 is 2.86 bits per heavy atom. The van der Waals surface area contributed by atoms with E-state index in [1.807, 2.05) is 24.4 Å². The van der Waals surface area contributed by atoms with Gasteiger partial charge in [0.1, 0.15) is 0 Å². The van der Waals surface area contributed by atoms with E-state index >= 15 is 0 Å². The number of H-pyrrole nitrogens is 1. The summed E-state index contributed by atoms with van der Waals surface area (Å²) in [5.74, 6) is -0.305. The van der Waals surface area contributed by atoms with Crippen molar-refractivity contribution in [2.75, 3.05) is 13.7 Å². The highest BCUT2D eigenvalue weighted by Gasteiger charge is 2.06. The van der Waals surface area contributed by atoms with Crippen LogP contribution in [-0.2, 0) is 20.7 Å². The van der Waals surface area contributed by atoms with Gasteiger partial charge < -0.3 is 15.0 Å². The smallest absolute Gasteiger partial charge is 0.305 e. The number of carbonyl (C=O) groups excluding carboxylic acids is 2. The number of fused-ring (bicyclic) bond motifs is 1. The number of benzene rings is 1. The Bertz CT molecular complexity index is 619. The highest BCUT2D eigenvalue weighted by atomic mass is 16.5. The molecule has 112 valence electrons. The zero-order valence-corrected chi connectivity index (χ0v) is 12.1. The minimum Gasteiger partial charge on any atom is -0.469 e. The normalized spacial score (nSPS) is 10.5. The van der Waals surface area contributed by atoms with E-state index < -0.39 is 0 Å². The van der Waals surface area contributed by atoms with Crippen molar-refractivity contribution in [2.45, 2.75) is 25.7 Å². The van der Waals surface area contributed by atoms with Gasteiger partial charge in [-0.05, 0) is 24.5 Å². The number of methoxy groups -OCH3 is 1. The Kier molecular flexibility index (Phi) is 5.37. The molecule has 0 saturated heterocycles. The maximum atomic E-state index is 11.6. The largest absolute Gasteiger partial charge is 0.469 e. The first-order valence-electron chi connectivity index (χ1n) is 7.09. The molecule has 0 bridgehead atoms. The maximum absolute atomic E-state index is 11.6. The van der Waals surface area contributed by atoms with E-state index in [-0.39, 0.29) is 18.3 Å². The van der Waals surface area contributed by atoms with Crippen LogP contribution < -0.4 is 5.32 Å². The fourth-order valence-corrected chi connectivity index (χ4v) is 2.26. The van der Waals surface area contributed by atoms with Crippen molar-refractivity contribution >= 4 is 22.8 Å². The van der Waals surface area contributed by atoms with E-state index in [1.165, 1.54) is 18.1 Å². The summed E-state index contributed by atoms with van der Waals surface area (Å²) >= 11 is 0. The fourth-order valence-electron chi connectivity index (χ4n) is 2.26. The lowest BCUT2D eigenvalue weighted by molar-refractivity contribution is -0.140. The number of esters is 1. The van der Waals surface area contributed by atoms with Crippen LogP contribution in [0.2, 0.25) is 0 Å². The Morgan fingerprint density at radius 2 is 2.05 bits per heavy atom. The molecule has 0 fully saturated rings. The third-order valence-corrected chi connectivity index (χ3v) is 3.40. The van der Waals surface area contributed by atoms with Gasteiger partial charge in [-0.3, -0.25) is 9.59 Å². The van der Waals surface area contributed by atoms with Crippen molar-refractivity contribution in [3.8, 4) is 0 Å². The summed E-state index contributed by atoms with van der Waals surface area (Å²) < 4.78 is 4.53. The third-order valence-electron chi connectivity index (χ3n) is 3.40. The number of hydrogen-bond acceptors (Lipinski definition) is 3. The molecule has 0 aliphatic carbocycles. The zero-order chi connectivity index (χ0) is 15.1. The second-order valence-corrected chi connectivity index (χ2v) is 4.89. The average molecular weight is 288 g/mol. The van der Waals surface area contributed by atoms with E-state index in [0.29, 0.717) is 19.4 Å². The van der Waals surface area contributed by atoms with Crippen molar-refractivity contribution in [1.29, 1.82) is 0 Å². The molecule has 2 aromatic rings. The number of rotatable bonds is 7. The van der Waals surface area contributed by atoms with Crippen molar-refractivity contribution < 1.29 is 14.3 Å². The molecule has 2 rings (SSSR count). The first-order valence-corrected chi connectivity index (χ1v) is 7.09. The van der Waals surface area contributed by atoms with Gasteiger partial charge in [0.2, 0.25) is 5.91 Å². The van der Waals surface area contributed by atoms with E-state index in [2.05, 4.69) is 21.1 Å². The van der Waals surface area contributed by atoms with Gasteiger partial charge in [-0.15, -0.1) is 0 Å². The monoisotopic (exact) mass is 288 g/mol. The molecule has 1 heterocycles. The van der Waals surface area contributed by atoms with Crippen LogP contribution in [0.15, 0.2) is 30.5 Å². The van der Waals surface area contributed by atoms with Crippen LogP contribution in [0.5, 0.6) is 0 Å². The van der Waals surface area contributed by atoms with Gasteiger partial charge in [-0.1, -0.05) is 18.2 Å². The number of aromatic nitrogens is 1. The summed E-state index contributed by atoms with van der Waals surface area (Å²) in [5.41, 5.74) is 2.30. The number of amides is 1. The summed E-state index contributed by atoms with van der Waals surface area (Å²) in [6, 6.07) is 8.10. The quantitative estimate of drug-likeness (QED) is 0.767. The zero-order valence-electron chi connectivity index (χ0n) is 12.1. The standard InChI is InChI=1S/C16H20N2O3/c1-21-16(20)8-4-7-15(19)17-10-9-12-11-18-14-6-3-2-5-13(12)14/h2-3,5-6,11,18H,4,7-10H2,1H3,(H,17,19). The second-order valence-electron chi connectivity index (χ2n) is 4.89. The summed E-state index contributed by atoms with van der Waals surface area (Å²) in [7, 11) is 1.35. The summed E-state index contributed by atoms with van der Waals surface area (Å²) in [5, 5.41) is 4.06. The first-order chi connectivity index (χ1) is 10.2. The average Bonchev–Trinajstić information content (AvgIpc) is 2.90. The molecule has 1 amide bonds. The van der Waals surface area contributed by atoms with Crippen LogP contribution in [-0.4, -0.2) is 30.5 Å². The molecular formula is C16H20N2O3. The fraction of sp³-hybridized carbons (Fsp3) is 0.375. The molecule has 0 aliphatic heterocycles. The molecule has 0 spiro atoms. The number of carbonyl (C=O) groups is 2. The lowest BCUT2D eigenvalue weighted by Crippen LogP contribution is -2.25. The van der Waals surface area contributed by atoms with Crippen molar-refractivity contribution in [3.63, 3.8) is 0 Å². The van der Waals surface area contributed by atoms with Crippen molar-refractivity contribution in [3.05, 3.63) is 36.0 Å². The highest BCUT2D eigenvalue weighted by molar-refractivity contribution is 5.83. The van der Waals surface area contributed by atoms with Crippen LogP contribution in [0.4, 0.5) is 0 Å². The third kappa shape index (κ3) is 4.34. The van der Waals surface area contributed by atoms with Crippen LogP contribution in [0, 0.1) is 0 Å². The van der Waals surface area contributed by atoms with Crippen molar-refractivity contribution in [2.24, 2.45) is 0 Å². The minimum atomic E-state index is -0.276. The Morgan fingerprint density at radius 1 is 1.24 bits per heavy atom. The van der Waals surface area contributed by atoms with Crippen LogP contribution in [0.1, 0.15) is 24.8 Å². The van der Waals surface area contributed by atoms with E-state index in [1.54, 1.807) is 0 Å². The van der Waals surface area contributed by atoms with Gasteiger partial charge in [0.25, 0.3) is 0 Å². The number of aromatic amines is 1. The molecule has 0 aliphatic rings. The maximum Gasteiger partial charge on any atom is 0.305 e. The Balaban J connectivity index is 1.72. The molecular weight excluding hydrogens is 268 g/mol. The lowest BCUT2D eigenvalue weighted by atomic mass is 10.1. The number of para-hydroxylation sites is 1. The van der Waals surface area contributed by atoms with Gasteiger partial charge in [0, 0.05) is 36.5 Å². The first kappa shape index (κ1) is 15.1. The summed E-state index contributed by atoms with van der Waals surface area (Å²) in [4.78, 5) is 25.8. The summed E-state index contributed by atoms with van der Waals surface area (Å²) in [6.45, 7) is 0.596. The number of ether oxygens (including phenoxy) is 1. The van der Waals surface area contributed by atoms with Gasteiger partial charge in [-0.2, -0.15) is 0 Å². The minimum absolute atomic E-state index is 0.0289. The van der Waals surface area contributed by atoms with Gasteiger partial charge in [0.15, 0.2) is 0 Å². The molecule has 0 saturated carbocycles. The predicted molar refractivity (Wildman–Crippen MR) is 80.9 cm³/mol. The van der Waals surface area contributed by atoms with Crippen LogP contribution >= 0.6 is 0 Å². The molecule has 2 N–H and O–H groups in total. The summed E-state index contributed by atoms with van der Waals surface area (Å²) in [6.07, 6.45) is 3.92. The molecule has 0 atom stereocenters. The topological polar surface area (TPSA) is 71.2 Å². The van der Waals surface area contributed by atoms with E-state index in [9.17, 15) is 9.59 Å². The predicted octanol–water partition coefficient (Wildman–Crippen LogP) is 2.17. The van der Waals surface area contributed by atoms with Gasteiger partial charge >= 0.3 is 5.97 Å². The van der Waals surface area contributed by atoms with Gasteiger partial charge in [0.05, 0.1) is 7.11 Å². The lowest BCUT2D eigenvalue weighted by Gasteiger charge is -2.04. The van der Waals surface area contributed by atoms with Crippen molar-refractivity contribution in [1.82, 2.24) is 10.3 Å². The van der Waals surface area contributed by atoms with Crippen LogP contribution in [0.3, 0.4) is 0 Å². The molecule has 1 aromatic carbocycles.